The van der Waals surface area contributed by atoms with Crippen LogP contribution in [0.15, 0.2) is 42.6 Å². The Labute approximate surface area is 186 Å². The number of hydrogen-bond donors (Lipinski definition) is 1. The second-order valence-corrected chi connectivity index (χ2v) is 8.77. The lowest BCUT2D eigenvalue weighted by molar-refractivity contribution is -0.133. The fourth-order valence-corrected chi connectivity index (χ4v) is 4.70. The van der Waals surface area contributed by atoms with Crippen LogP contribution < -0.4 is 10.2 Å². The number of nitrogens with one attached hydrogen (secondary N) is 1. The summed E-state index contributed by atoms with van der Waals surface area (Å²) in [4.78, 5) is 38.9. The molecule has 1 aliphatic heterocycles. The summed E-state index contributed by atoms with van der Waals surface area (Å²) in [5, 5.41) is 3.86. The van der Waals surface area contributed by atoms with Gasteiger partial charge in [-0.05, 0) is 31.0 Å². The van der Waals surface area contributed by atoms with Crippen LogP contribution >= 0.6 is 11.3 Å². The van der Waals surface area contributed by atoms with Crippen molar-refractivity contribution in [2.75, 3.05) is 31.1 Å². The van der Waals surface area contributed by atoms with E-state index >= 15 is 0 Å². The largest absolute Gasteiger partial charge is 0.352 e. The van der Waals surface area contributed by atoms with Gasteiger partial charge in [-0.3, -0.25) is 9.59 Å². The third kappa shape index (κ3) is 5.58. The summed E-state index contributed by atoms with van der Waals surface area (Å²) in [6.45, 7) is 5.48. The van der Waals surface area contributed by atoms with Crippen LogP contribution in [0.5, 0.6) is 0 Å². The predicted octanol–water partition coefficient (Wildman–Crippen LogP) is 3.14. The van der Waals surface area contributed by atoms with E-state index in [0.717, 1.165) is 40.6 Å². The molecule has 1 aromatic carbocycles. The van der Waals surface area contributed by atoms with Gasteiger partial charge in [-0.1, -0.05) is 41.2 Å². The number of thiazole rings is 1. The van der Waals surface area contributed by atoms with Gasteiger partial charge in [0.25, 0.3) is 0 Å². The highest BCUT2D eigenvalue weighted by atomic mass is 32.1. The SMILES string of the molecule is Cc1cccc(CNC(=O)CCC(=O)N2CCCN(c3nc4cccnc4s3)CC2)c1. The Balaban J connectivity index is 1.24. The third-order valence-electron chi connectivity index (χ3n) is 5.41. The molecule has 3 aromatic rings. The molecule has 1 fully saturated rings. The number of carbonyl (C=O) groups is 2. The molecule has 0 spiro atoms. The molecule has 0 bridgehead atoms. The molecule has 2 aromatic heterocycles. The number of carbonyl (C=O) groups excluding carboxylic acids is 2. The quantitative estimate of drug-likeness (QED) is 0.641. The zero-order chi connectivity index (χ0) is 21.6. The van der Waals surface area contributed by atoms with E-state index in [1.807, 2.05) is 42.2 Å². The van der Waals surface area contributed by atoms with E-state index < -0.39 is 0 Å². The minimum Gasteiger partial charge on any atom is -0.352 e. The normalized spacial score (nSPS) is 14.5. The van der Waals surface area contributed by atoms with Gasteiger partial charge in [0.15, 0.2) is 5.13 Å². The van der Waals surface area contributed by atoms with Gasteiger partial charge in [0.1, 0.15) is 10.3 Å². The van der Waals surface area contributed by atoms with E-state index in [-0.39, 0.29) is 24.7 Å². The number of hydrogen-bond acceptors (Lipinski definition) is 6. The van der Waals surface area contributed by atoms with Crippen LogP contribution in [0, 0.1) is 6.92 Å². The van der Waals surface area contributed by atoms with Crippen molar-refractivity contribution in [2.45, 2.75) is 32.7 Å². The highest BCUT2D eigenvalue weighted by Gasteiger charge is 2.21. The van der Waals surface area contributed by atoms with Crippen molar-refractivity contribution >= 4 is 38.6 Å². The van der Waals surface area contributed by atoms with E-state index in [9.17, 15) is 9.59 Å². The number of amides is 2. The number of rotatable bonds is 6. The number of anilines is 1. The van der Waals surface area contributed by atoms with Crippen LogP contribution in [0.2, 0.25) is 0 Å². The molecule has 2 amide bonds. The van der Waals surface area contributed by atoms with Gasteiger partial charge in [-0.15, -0.1) is 0 Å². The van der Waals surface area contributed by atoms with Crippen LogP contribution in [-0.4, -0.2) is 52.9 Å². The van der Waals surface area contributed by atoms with Gasteiger partial charge in [0.05, 0.1) is 0 Å². The Morgan fingerprint density at radius 2 is 2.00 bits per heavy atom. The Kier molecular flexibility index (Phi) is 6.76. The number of pyridine rings is 1. The summed E-state index contributed by atoms with van der Waals surface area (Å²) in [6, 6.07) is 11.9. The van der Waals surface area contributed by atoms with Gasteiger partial charge in [-0.25, -0.2) is 9.97 Å². The van der Waals surface area contributed by atoms with Gasteiger partial charge >= 0.3 is 0 Å². The highest BCUT2D eigenvalue weighted by molar-refractivity contribution is 7.21. The summed E-state index contributed by atoms with van der Waals surface area (Å²) in [5.41, 5.74) is 3.15. The minimum absolute atomic E-state index is 0.0403. The summed E-state index contributed by atoms with van der Waals surface area (Å²) < 4.78 is 0. The minimum atomic E-state index is -0.0896. The average Bonchev–Trinajstić information content (AvgIpc) is 3.05. The first-order valence-corrected chi connectivity index (χ1v) is 11.5. The highest BCUT2D eigenvalue weighted by Crippen LogP contribution is 2.27. The Bertz CT molecular complexity index is 1030. The van der Waals surface area contributed by atoms with Gasteiger partial charge in [0, 0.05) is 51.8 Å². The van der Waals surface area contributed by atoms with Crippen molar-refractivity contribution in [1.82, 2.24) is 20.2 Å². The Morgan fingerprint density at radius 1 is 1.10 bits per heavy atom. The second-order valence-electron chi connectivity index (χ2n) is 7.81. The van der Waals surface area contributed by atoms with Crippen molar-refractivity contribution in [3.63, 3.8) is 0 Å². The standard InChI is InChI=1S/C23H27N5O2S/c1-17-5-2-6-18(15-17)16-25-20(29)8-9-21(30)27-11-4-12-28(14-13-27)23-26-19-7-3-10-24-22(19)31-23/h2-3,5-7,10,15H,4,8-9,11-14,16H2,1H3,(H,25,29). The topological polar surface area (TPSA) is 78.4 Å². The number of aryl methyl sites for hydroxylation is 1. The molecule has 8 heteroatoms. The van der Waals surface area contributed by atoms with Crippen molar-refractivity contribution in [1.29, 1.82) is 0 Å². The van der Waals surface area contributed by atoms with Gasteiger partial charge < -0.3 is 15.1 Å². The first kappa shape index (κ1) is 21.2. The maximum absolute atomic E-state index is 12.7. The molecule has 4 rings (SSSR count). The zero-order valence-electron chi connectivity index (χ0n) is 17.7. The number of aromatic nitrogens is 2. The zero-order valence-corrected chi connectivity index (χ0v) is 18.5. The van der Waals surface area contributed by atoms with Crippen LogP contribution in [0.3, 0.4) is 0 Å². The van der Waals surface area contributed by atoms with E-state index in [1.54, 1.807) is 17.5 Å². The molecule has 162 valence electrons. The molecule has 0 aliphatic carbocycles. The Morgan fingerprint density at radius 3 is 2.84 bits per heavy atom. The monoisotopic (exact) mass is 437 g/mol. The van der Waals surface area contributed by atoms with Gasteiger partial charge in [-0.2, -0.15) is 0 Å². The van der Waals surface area contributed by atoms with Crippen LogP contribution in [0.1, 0.15) is 30.4 Å². The van der Waals surface area contributed by atoms with Crippen LogP contribution in [0.25, 0.3) is 10.3 Å². The maximum atomic E-state index is 12.7. The summed E-state index contributed by atoms with van der Waals surface area (Å²) >= 11 is 1.59. The second kappa shape index (κ2) is 9.87. The predicted molar refractivity (Wildman–Crippen MR) is 123 cm³/mol. The third-order valence-corrected chi connectivity index (χ3v) is 6.45. The van der Waals surface area contributed by atoms with Crippen LogP contribution in [-0.2, 0) is 16.1 Å². The van der Waals surface area contributed by atoms with Crippen molar-refractivity contribution in [3.8, 4) is 0 Å². The smallest absolute Gasteiger partial charge is 0.223 e. The first-order chi connectivity index (χ1) is 15.1. The molecular formula is C23H27N5O2S. The van der Waals surface area contributed by atoms with Crippen molar-refractivity contribution < 1.29 is 9.59 Å². The van der Waals surface area contributed by atoms with Crippen LogP contribution in [0.4, 0.5) is 5.13 Å². The Hall–Kier alpha value is -3.00. The number of benzene rings is 1. The molecule has 1 saturated heterocycles. The maximum Gasteiger partial charge on any atom is 0.223 e. The molecule has 0 radical (unpaired) electrons. The molecule has 31 heavy (non-hydrogen) atoms. The fourth-order valence-electron chi connectivity index (χ4n) is 3.74. The molecule has 1 N–H and O–H groups in total. The van der Waals surface area contributed by atoms with Crippen molar-refractivity contribution in [2.24, 2.45) is 0 Å². The summed E-state index contributed by atoms with van der Waals surface area (Å²) in [6.07, 6.45) is 3.12. The number of nitrogens with zero attached hydrogens (tertiary/aromatic N) is 4. The summed E-state index contributed by atoms with van der Waals surface area (Å²) in [5.74, 6) is -0.0493. The lowest BCUT2D eigenvalue weighted by Crippen LogP contribution is -2.36. The fraction of sp³-hybridized carbons (Fsp3) is 0.391. The molecule has 7 nitrogen and oxygen atoms in total. The molecule has 1 aliphatic rings. The molecule has 0 saturated carbocycles. The molecule has 3 heterocycles. The molecular weight excluding hydrogens is 410 g/mol. The van der Waals surface area contributed by atoms with E-state index in [0.29, 0.717) is 19.6 Å². The molecule has 0 unspecified atom stereocenters. The first-order valence-electron chi connectivity index (χ1n) is 10.6. The van der Waals surface area contributed by atoms with Gasteiger partial charge in [0.2, 0.25) is 11.8 Å². The van der Waals surface area contributed by atoms with E-state index in [4.69, 9.17) is 0 Å². The summed E-state index contributed by atoms with van der Waals surface area (Å²) in [7, 11) is 0. The molecule has 0 atom stereocenters. The number of fused-ring (bicyclic) bond motifs is 1. The lowest BCUT2D eigenvalue weighted by atomic mass is 10.1. The lowest BCUT2D eigenvalue weighted by Gasteiger charge is -2.21. The van der Waals surface area contributed by atoms with Crippen molar-refractivity contribution in [3.05, 3.63) is 53.7 Å². The van der Waals surface area contributed by atoms with E-state index in [2.05, 4.69) is 26.3 Å². The average molecular weight is 438 g/mol. The van der Waals surface area contributed by atoms with E-state index in [1.165, 1.54) is 5.56 Å².